The van der Waals surface area contributed by atoms with Gasteiger partial charge in [0.1, 0.15) is 5.71 Å². The Morgan fingerprint density at radius 1 is 1.08 bits per heavy atom. The number of amides is 3. The number of carbonyl (C=O) groups excluding carboxylic acids is 2. The number of aromatic nitrogens is 1. The van der Waals surface area contributed by atoms with Crippen molar-refractivity contribution in [3.63, 3.8) is 0 Å². The van der Waals surface area contributed by atoms with Gasteiger partial charge in [0.15, 0.2) is 0 Å². The van der Waals surface area contributed by atoms with Gasteiger partial charge in [0.05, 0.1) is 0 Å². The summed E-state index contributed by atoms with van der Waals surface area (Å²) in [7, 11) is 4.03. The first-order valence-electron chi connectivity index (χ1n) is 8.72. The van der Waals surface area contributed by atoms with Gasteiger partial charge < -0.3 is 9.47 Å². The quantitative estimate of drug-likeness (QED) is 0.831. The SMILES string of the molecule is CCN1C(=O)N=C(Cc2cc(C)n(-c3ccc(N(C)C)cc3)c2C)C1=O. The van der Waals surface area contributed by atoms with E-state index in [0.717, 1.165) is 28.3 Å². The second kappa shape index (κ2) is 6.78. The molecule has 2 aromatic rings. The Morgan fingerprint density at radius 3 is 2.27 bits per heavy atom. The van der Waals surface area contributed by atoms with Gasteiger partial charge >= 0.3 is 6.03 Å². The summed E-state index contributed by atoms with van der Waals surface area (Å²) in [5.74, 6) is -0.280. The summed E-state index contributed by atoms with van der Waals surface area (Å²) in [6.45, 7) is 6.19. The van der Waals surface area contributed by atoms with E-state index < -0.39 is 6.03 Å². The van der Waals surface area contributed by atoms with Crippen molar-refractivity contribution < 1.29 is 9.59 Å². The molecule has 0 fully saturated rings. The monoisotopic (exact) mass is 352 g/mol. The average molecular weight is 352 g/mol. The van der Waals surface area contributed by atoms with E-state index in [2.05, 4.69) is 44.8 Å². The lowest BCUT2D eigenvalue weighted by Gasteiger charge is -2.15. The molecule has 3 amide bonds. The van der Waals surface area contributed by atoms with E-state index >= 15 is 0 Å². The molecule has 0 spiro atoms. The first-order chi connectivity index (χ1) is 12.3. The van der Waals surface area contributed by atoms with E-state index in [-0.39, 0.29) is 5.91 Å². The van der Waals surface area contributed by atoms with Gasteiger partial charge in [-0.05, 0) is 56.7 Å². The molecule has 26 heavy (non-hydrogen) atoms. The molecule has 1 aliphatic heterocycles. The highest BCUT2D eigenvalue weighted by atomic mass is 16.2. The van der Waals surface area contributed by atoms with Crippen molar-refractivity contribution in [2.24, 2.45) is 4.99 Å². The molecular weight excluding hydrogens is 328 g/mol. The average Bonchev–Trinajstić information content (AvgIpc) is 3.03. The van der Waals surface area contributed by atoms with Gasteiger partial charge in [-0.2, -0.15) is 4.99 Å². The van der Waals surface area contributed by atoms with Crippen LogP contribution in [0.1, 0.15) is 23.9 Å². The number of urea groups is 1. The summed E-state index contributed by atoms with van der Waals surface area (Å²) in [5.41, 5.74) is 5.68. The van der Waals surface area contributed by atoms with Crippen molar-refractivity contribution in [2.45, 2.75) is 27.2 Å². The fraction of sp³-hybridized carbons (Fsp3) is 0.350. The van der Waals surface area contributed by atoms with Crippen molar-refractivity contribution in [2.75, 3.05) is 25.5 Å². The number of nitrogens with zero attached hydrogens (tertiary/aromatic N) is 4. The number of anilines is 1. The van der Waals surface area contributed by atoms with Crippen LogP contribution in [-0.4, -0.2) is 47.8 Å². The van der Waals surface area contributed by atoms with Crippen LogP contribution < -0.4 is 4.90 Å². The van der Waals surface area contributed by atoms with Crippen molar-refractivity contribution in [3.8, 4) is 5.69 Å². The molecule has 0 radical (unpaired) electrons. The number of hydrogen-bond acceptors (Lipinski definition) is 3. The number of benzene rings is 1. The Labute approximate surface area is 153 Å². The molecule has 0 atom stereocenters. The normalized spacial score (nSPS) is 14.2. The molecule has 1 aromatic heterocycles. The van der Waals surface area contributed by atoms with Gasteiger partial charge in [-0.25, -0.2) is 4.79 Å². The molecule has 0 aliphatic carbocycles. The molecule has 0 unspecified atom stereocenters. The lowest BCUT2D eigenvalue weighted by atomic mass is 10.1. The van der Waals surface area contributed by atoms with E-state index in [4.69, 9.17) is 0 Å². The van der Waals surface area contributed by atoms with Crippen molar-refractivity contribution in [3.05, 3.63) is 47.3 Å². The van der Waals surface area contributed by atoms with Gasteiger partial charge in [0, 0.05) is 49.8 Å². The van der Waals surface area contributed by atoms with Crippen LogP contribution in [-0.2, 0) is 11.2 Å². The number of aliphatic imine (C=N–C) groups is 1. The molecule has 0 N–H and O–H groups in total. The van der Waals surface area contributed by atoms with E-state index in [1.54, 1.807) is 6.92 Å². The minimum Gasteiger partial charge on any atom is -0.378 e. The summed E-state index contributed by atoms with van der Waals surface area (Å²) >= 11 is 0. The molecule has 6 heteroatoms. The third-order valence-electron chi connectivity index (χ3n) is 4.79. The van der Waals surface area contributed by atoms with Crippen LogP contribution in [0.15, 0.2) is 35.3 Å². The lowest BCUT2D eigenvalue weighted by molar-refractivity contribution is -0.120. The standard InChI is InChI=1S/C20H24N4O2/c1-6-23-19(25)18(21-20(23)26)12-15-11-13(2)24(14(15)3)17-9-7-16(8-10-17)22(4)5/h7-11H,6,12H2,1-5H3. The second-order valence-electron chi connectivity index (χ2n) is 6.71. The zero-order valence-corrected chi connectivity index (χ0v) is 15.9. The van der Waals surface area contributed by atoms with Crippen LogP contribution in [0, 0.1) is 13.8 Å². The smallest absolute Gasteiger partial charge is 0.350 e. The van der Waals surface area contributed by atoms with Crippen molar-refractivity contribution >= 4 is 23.3 Å². The molecule has 0 saturated heterocycles. The zero-order valence-electron chi connectivity index (χ0n) is 15.9. The zero-order chi connectivity index (χ0) is 19.0. The molecule has 136 valence electrons. The lowest BCUT2D eigenvalue weighted by Crippen LogP contribution is -2.32. The molecule has 1 aromatic carbocycles. The summed E-state index contributed by atoms with van der Waals surface area (Å²) in [5, 5.41) is 0. The van der Waals surface area contributed by atoms with Crippen LogP contribution in [0.5, 0.6) is 0 Å². The number of hydrogen-bond donors (Lipinski definition) is 0. The fourth-order valence-electron chi connectivity index (χ4n) is 3.35. The molecule has 0 bridgehead atoms. The predicted molar refractivity (Wildman–Crippen MR) is 103 cm³/mol. The maximum absolute atomic E-state index is 12.3. The highest BCUT2D eigenvalue weighted by Crippen LogP contribution is 2.24. The van der Waals surface area contributed by atoms with Gasteiger partial charge in [-0.3, -0.25) is 9.69 Å². The molecule has 2 heterocycles. The van der Waals surface area contributed by atoms with Crippen LogP contribution in [0.3, 0.4) is 0 Å². The Balaban J connectivity index is 1.90. The second-order valence-corrected chi connectivity index (χ2v) is 6.71. The number of rotatable bonds is 5. The topological polar surface area (TPSA) is 57.9 Å². The Hall–Kier alpha value is -2.89. The number of imide groups is 1. The van der Waals surface area contributed by atoms with E-state index in [1.165, 1.54) is 4.90 Å². The first-order valence-corrected chi connectivity index (χ1v) is 8.72. The minimum atomic E-state index is -0.458. The van der Waals surface area contributed by atoms with Crippen LogP contribution in [0.2, 0.25) is 0 Å². The molecule has 1 aliphatic rings. The first kappa shape index (κ1) is 17.9. The highest BCUT2D eigenvalue weighted by molar-refractivity contribution is 6.46. The Kier molecular flexibility index (Phi) is 4.68. The van der Waals surface area contributed by atoms with Crippen LogP contribution >= 0.6 is 0 Å². The van der Waals surface area contributed by atoms with E-state index in [1.807, 2.05) is 27.9 Å². The number of carbonyl (C=O) groups is 2. The summed E-state index contributed by atoms with van der Waals surface area (Å²) in [4.78, 5) is 31.3. The Morgan fingerprint density at radius 2 is 1.73 bits per heavy atom. The summed E-state index contributed by atoms with van der Waals surface area (Å²) in [6, 6.07) is 9.93. The van der Waals surface area contributed by atoms with E-state index in [0.29, 0.717) is 18.7 Å². The maximum Gasteiger partial charge on any atom is 0.350 e. The largest absolute Gasteiger partial charge is 0.378 e. The minimum absolute atomic E-state index is 0.280. The fourth-order valence-corrected chi connectivity index (χ4v) is 3.35. The van der Waals surface area contributed by atoms with E-state index in [9.17, 15) is 9.59 Å². The molecular formula is C20H24N4O2. The van der Waals surface area contributed by atoms with Crippen molar-refractivity contribution in [1.29, 1.82) is 0 Å². The highest BCUT2D eigenvalue weighted by Gasteiger charge is 2.32. The summed E-state index contributed by atoms with van der Waals surface area (Å²) in [6.07, 6.45) is 0.372. The predicted octanol–water partition coefficient (Wildman–Crippen LogP) is 3.13. The molecule has 3 rings (SSSR count). The third kappa shape index (κ3) is 3.03. The third-order valence-corrected chi connectivity index (χ3v) is 4.79. The Bertz CT molecular complexity index is 891. The molecule has 6 nitrogen and oxygen atoms in total. The van der Waals surface area contributed by atoms with Crippen LogP contribution in [0.4, 0.5) is 10.5 Å². The van der Waals surface area contributed by atoms with Gasteiger partial charge in [0.25, 0.3) is 5.91 Å². The van der Waals surface area contributed by atoms with Gasteiger partial charge in [-0.1, -0.05) is 0 Å². The number of aryl methyl sites for hydroxylation is 1. The van der Waals surface area contributed by atoms with Gasteiger partial charge in [-0.15, -0.1) is 0 Å². The van der Waals surface area contributed by atoms with Crippen molar-refractivity contribution in [1.82, 2.24) is 9.47 Å². The molecule has 0 saturated carbocycles. The van der Waals surface area contributed by atoms with Crippen LogP contribution in [0.25, 0.3) is 5.69 Å². The van der Waals surface area contributed by atoms with Gasteiger partial charge in [0.2, 0.25) is 0 Å². The maximum atomic E-state index is 12.3. The summed E-state index contributed by atoms with van der Waals surface area (Å²) < 4.78 is 2.16.